The topological polar surface area (TPSA) is 86.0 Å². The monoisotopic (exact) mass is 417 g/mol. The van der Waals surface area contributed by atoms with Gasteiger partial charge in [0.25, 0.3) is 0 Å². The summed E-state index contributed by atoms with van der Waals surface area (Å²) in [5.41, 5.74) is -2.91. The van der Waals surface area contributed by atoms with Crippen molar-refractivity contribution in [1.29, 1.82) is 0 Å². The van der Waals surface area contributed by atoms with Gasteiger partial charge in [-0.25, -0.2) is 9.07 Å². The zero-order valence-corrected chi connectivity index (χ0v) is 16.0. The Morgan fingerprint density at radius 3 is 2.87 bits per heavy atom. The van der Waals surface area contributed by atoms with Crippen LogP contribution in [0.25, 0.3) is 17.5 Å². The Hall–Kier alpha value is -3.11. The second kappa shape index (κ2) is 7.62. The van der Waals surface area contributed by atoms with Gasteiger partial charge in [0.05, 0.1) is 13.2 Å². The maximum atomic E-state index is 15.6. The van der Waals surface area contributed by atoms with Gasteiger partial charge in [-0.3, -0.25) is 4.98 Å². The first-order valence-corrected chi connectivity index (χ1v) is 9.24. The van der Waals surface area contributed by atoms with E-state index in [0.717, 1.165) is 28.9 Å². The quantitative estimate of drug-likeness (QED) is 0.621. The van der Waals surface area contributed by atoms with Crippen molar-refractivity contribution in [2.45, 2.75) is 25.0 Å². The maximum Gasteiger partial charge on any atom is 0.323 e. The summed E-state index contributed by atoms with van der Waals surface area (Å²) in [6.07, 6.45) is 4.73. The molecule has 3 heterocycles. The number of aliphatic hydroxyl groups is 1. The number of aromatic nitrogens is 5. The van der Waals surface area contributed by atoms with Gasteiger partial charge >= 0.3 is 5.92 Å². The van der Waals surface area contributed by atoms with Crippen LogP contribution in [0.15, 0.2) is 42.6 Å². The molecule has 30 heavy (non-hydrogen) atoms. The van der Waals surface area contributed by atoms with E-state index in [1.807, 2.05) is 6.92 Å². The number of nitrogens with zero attached hydrogens (tertiary/aromatic N) is 5. The molecule has 10 heteroatoms. The molecule has 1 aliphatic heterocycles. The first-order valence-electron chi connectivity index (χ1n) is 9.24. The summed E-state index contributed by atoms with van der Waals surface area (Å²) in [5.74, 6) is -4.36. The van der Waals surface area contributed by atoms with E-state index in [-0.39, 0.29) is 17.0 Å². The maximum absolute atomic E-state index is 15.6. The lowest BCUT2D eigenvalue weighted by Crippen LogP contribution is -2.49. The third kappa shape index (κ3) is 3.27. The van der Waals surface area contributed by atoms with E-state index in [2.05, 4.69) is 20.5 Å². The number of halogens is 3. The Labute approximate surface area is 169 Å². The first kappa shape index (κ1) is 20.2. The molecular formula is C20H18F3N5O2. The molecular weight excluding hydrogens is 399 g/mol. The number of tetrazole rings is 1. The molecule has 1 unspecified atom stereocenters. The van der Waals surface area contributed by atoms with Crippen LogP contribution >= 0.6 is 0 Å². The summed E-state index contributed by atoms with van der Waals surface area (Å²) in [5, 5.41) is 22.0. The molecule has 0 saturated heterocycles. The Bertz CT molecular complexity index is 1080. The third-order valence-corrected chi connectivity index (χ3v) is 4.93. The smallest absolute Gasteiger partial charge is 0.323 e. The molecule has 1 aliphatic rings. The van der Waals surface area contributed by atoms with Crippen molar-refractivity contribution in [3.63, 3.8) is 0 Å². The second-order valence-corrected chi connectivity index (χ2v) is 6.82. The Kier molecular flexibility index (Phi) is 5.12. The number of fused-ring (bicyclic) bond motifs is 3. The van der Waals surface area contributed by atoms with Crippen LogP contribution in [0.3, 0.4) is 0 Å². The van der Waals surface area contributed by atoms with Gasteiger partial charge in [-0.1, -0.05) is 24.3 Å². The Balaban J connectivity index is 1.71. The number of benzene rings is 1. The summed E-state index contributed by atoms with van der Waals surface area (Å²) in [6.45, 7) is 2.22. The highest BCUT2D eigenvalue weighted by Crippen LogP contribution is 2.50. The van der Waals surface area contributed by atoms with Crippen LogP contribution in [0.5, 0.6) is 0 Å². The normalized spacial score (nSPS) is 18.4. The van der Waals surface area contributed by atoms with Crippen LogP contribution in [-0.4, -0.2) is 43.5 Å². The number of hydrogen-bond donors (Lipinski definition) is 1. The standard InChI is InChI=1S/C20H18F3N5O2/c1-2-30-9-3-4-13-5-8-17(24-11-13)20(22,23)19(29)12-28-18(25-26-27-28)15-10-14(21)6-7-16(15)19/h3-8,10-11,29H,2,9,12H2,1H3/b4-3+. The zero-order valence-electron chi connectivity index (χ0n) is 16.0. The van der Waals surface area contributed by atoms with Gasteiger partial charge in [-0.2, -0.15) is 8.78 Å². The molecule has 0 fully saturated rings. The highest BCUT2D eigenvalue weighted by molar-refractivity contribution is 5.64. The molecule has 0 saturated carbocycles. The number of alkyl halides is 2. The SMILES string of the molecule is CCOC/C=C/c1ccc(C(F)(F)C2(O)Cn3nnnc3-c3cc(F)ccc32)nc1. The molecule has 1 aromatic carbocycles. The van der Waals surface area contributed by atoms with E-state index in [4.69, 9.17) is 4.74 Å². The fraction of sp³-hybridized carbons (Fsp3) is 0.300. The van der Waals surface area contributed by atoms with Gasteiger partial charge in [-0.05, 0) is 41.1 Å². The van der Waals surface area contributed by atoms with E-state index in [1.54, 1.807) is 12.2 Å². The fourth-order valence-electron chi connectivity index (χ4n) is 3.41. The van der Waals surface area contributed by atoms with E-state index < -0.39 is 29.6 Å². The van der Waals surface area contributed by atoms with E-state index in [0.29, 0.717) is 18.8 Å². The predicted octanol–water partition coefficient (Wildman–Crippen LogP) is 2.92. The zero-order chi connectivity index (χ0) is 21.4. The molecule has 0 amide bonds. The lowest BCUT2D eigenvalue weighted by atomic mass is 9.80. The lowest BCUT2D eigenvalue weighted by Gasteiger charge is -2.39. The molecule has 1 N–H and O–H groups in total. The Morgan fingerprint density at radius 2 is 2.13 bits per heavy atom. The molecule has 4 rings (SSSR count). The molecule has 1 atom stereocenters. The van der Waals surface area contributed by atoms with Gasteiger partial charge in [0.2, 0.25) is 0 Å². The van der Waals surface area contributed by atoms with E-state index >= 15 is 8.78 Å². The first-order chi connectivity index (χ1) is 14.4. The number of ether oxygens (including phenoxy) is 1. The van der Waals surface area contributed by atoms with Crippen molar-refractivity contribution in [1.82, 2.24) is 25.2 Å². The highest BCUT2D eigenvalue weighted by Gasteiger charge is 2.59. The summed E-state index contributed by atoms with van der Waals surface area (Å²) in [6, 6.07) is 5.79. The number of pyridine rings is 1. The Morgan fingerprint density at radius 1 is 1.30 bits per heavy atom. The van der Waals surface area contributed by atoms with Crippen molar-refractivity contribution < 1.29 is 23.0 Å². The van der Waals surface area contributed by atoms with Crippen molar-refractivity contribution in [3.8, 4) is 11.4 Å². The van der Waals surface area contributed by atoms with Crippen LogP contribution in [0, 0.1) is 5.82 Å². The molecule has 3 aromatic rings. The molecule has 0 bridgehead atoms. The predicted molar refractivity (Wildman–Crippen MR) is 101 cm³/mol. The molecule has 0 spiro atoms. The molecule has 156 valence electrons. The largest absolute Gasteiger partial charge is 0.378 e. The van der Waals surface area contributed by atoms with Crippen molar-refractivity contribution in [2.24, 2.45) is 0 Å². The third-order valence-electron chi connectivity index (χ3n) is 4.93. The second-order valence-electron chi connectivity index (χ2n) is 6.82. The minimum absolute atomic E-state index is 0.00361. The lowest BCUT2D eigenvalue weighted by molar-refractivity contribution is -0.207. The van der Waals surface area contributed by atoms with Crippen molar-refractivity contribution in [2.75, 3.05) is 13.2 Å². The van der Waals surface area contributed by atoms with Gasteiger partial charge in [-0.15, -0.1) is 5.10 Å². The summed E-state index contributed by atoms with van der Waals surface area (Å²) >= 11 is 0. The van der Waals surface area contributed by atoms with Gasteiger partial charge < -0.3 is 9.84 Å². The van der Waals surface area contributed by atoms with Crippen LogP contribution in [0.4, 0.5) is 13.2 Å². The van der Waals surface area contributed by atoms with Crippen molar-refractivity contribution in [3.05, 3.63) is 65.2 Å². The van der Waals surface area contributed by atoms with E-state index in [1.165, 1.54) is 12.3 Å². The minimum Gasteiger partial charge on any atom is -0.378 e. The molecule has 0 radical (unpaired) electrons. The van der Waals surface area contributed by atoms with Crippen LogP contribution in [0.2, 0.25) is 0 Å². The molecule has 0 aliphatic carbocycles. The summed E-state index contributed by atoms with van der Waals surface area (Å²) < 4.78 is 51.1. The van der Waals surface area contributed by atoms with E-state index in [9.17, 15) is 9.50 Å². The average Bonchev–Trinajstić information content (AvgIpc) is 3.20. The fourth-order valence-corrected chi connectivity index (χ4v) is 3.41. The van der Waals surface area contributed by atoms with Crippen LogP contribution < -0.4 is 0 Å². The van der Waals surface area contributed by atoms with Gasteiger partial charge in [0.1, 0.15) is 11.5 Å². The van der Waals surface area contributed by atoms with Gasteiger partial charge in [0.15, 0.2) is 11.4 Å². The van der Waals surface area contributed by atoms with Gasteiger partial charge in [0, 0.05) is 23.9 Å². The molecule has 2 aromatic heterocycles. The highest BCUT2D eigenvalue weighted by atomic mass is 19.3. The number of rotatable bonds is 6. The van der Waals surface area contributed by atoms with Crippen LogP contribution in [0.1, 0.15) is 23.7 Å². The van der Waals surface area contributed by atoms with Crippen molar-refractivity contribution >= 4 is 6.08 Å². The molecule has 7 nitrogen and oxygen atoms in total. The minimum atomic E-state index is -3.81. The summed E-state index contributed by atoms with van der Waals surface area (Å²) in [7, 11) is 0. The summed E-state index contributed by atoms with van der Waals surface area (Å²) in [4.78, 5) is 3.87. The number of hydrogen-bond acceptors (Lipinski definition) is 6. The van der Waals surface area contributed by atoms with Crippen LogP contribution in [-0.2, 0) is 22.8 Å². The average molecular weight is 417 g/mol.